The van der Waals surface area contributed by atoms with Gasteiger partial charge in [-0.1, -0.05) is 31.2 Å². The number of hydrogen-bond donors (Lipinski definition) is 1. The molecule has 2 aliphatic rings. The van der Waals surface area contributed by atoms with Crippen LogP contribution in [0.5, 0.6) is 0 Å². The summed E-state index contributed by atoms with van der Waals surface area (Å²) >= 11 is 0. The molecule has 0 radical (unpaired) electrons. The predicted molar refractivity (Wildman–Crippen MR) is 71.3 cm³/mol. The van der Waals surface area contributed by atoms with Gasteiger partial charge in [0, 0.05) is 32.7 Å². The molecule has 0 spiro atoms. The molecule has 1 aliphatic carbocycles. The third-order valence-electron chi connectivity index (χ3n) is 4.17. The van der Waals surface area contributed by atoms with Gasteiger partial charge in [-0.2, -0.15) is 0 Å². The lowest BCUT2D eigenvalue weighted by Gasteiger charge is -2.35. The van der Waals surface area contributed by atoms with Gasteiger partial charge in [-0.3, -0.25) is 0 Å². The second-order valence-electron chi connectivity index (χ2n) is 5.96. The molecule has 0 aromatic heterocycles. The van der Waals surface area contributed by atoms with Crippen molar-refractivity contribution in [2.45, 2.75) is 19.8 Å². The van der Waals surface area contributed by atoms with E-state index in [1.165, 1.54) is 32.5 Å². The smallest absolute Gasteiger partial charge is 0.0108 e. The fraction of sp³-hybridized carbons (Fsp3) is 0.600. The van der Waals surface area contributed by atoms with E-state index in [4.69, 9.17) is 0 Å². The zero-order chi connectivity index (χ0) is 11.7. The number of benzene rings is 1. The Morgan fingerprint density at radius 3 is 2.29 bits per heavy atom. The minimum absolute atomic E-state index is 0.459. The van der Waals surface area contributed by atoms with Gasteiger partial charge < -0.3 is 10.2 Å². The Morgan fingerprint density at radius 2 is 1.71 bits per heavy atom. The Morgan fingerprint density at radius 1 is 1.12 bits per heavy atom. The first-order valence-electron chi connectivity index (χ1n) is 6.75. The van der Waals surface area contributed by atoms with E-state index in [-0.39, 0.29) is 0 Å². The highest BCUT2D eigenvalue weighted by atomic mass is 15.2. The van der Waals surface area contributed by atoms with Crippen LogP contribution >= 0.6 is 0 Å². The minimum atomic E-state index is 0.459. The molecule has 1 heterocycles. The third kappa shape index (κ3) is 2.38. The summed E-state index contributed by atoms with van der Waals surface area (Å²) in [7, 11) is 0. The molecular weight excluding hydrogens is 208 g/mol. The Hall–Kier alpha value is -0.860. The molecule has 92 valence electrons. The first-order valence-corrected chi connectivity index (χ1v) is 6.75. The van der Waals surface area contributed by atoms with Gasteiger partial charge in [0.15, 0.2) is 0 Å². The van der Waals surface area contributed by atoms with Gasteiger partial charge in [-0.05, 0) is 29.4 Å². The number of hydrogen-bond acceptors (Lipinski definition) is 2. The average molecular weight is 230 g/mol. The van der Waals surface area contributed by atoms with Crippen LogP contribution in [-0.4, -0.2) is 37.6 Å². The molecular formula is C15H22N2. The largest absolute Gasteiger partial charge is 0.314 e. The Bertz CT molecular complexity index is 369. The monoisotopic (exact) mass is 230 g/mol. The van der Waals surface area contributed by atoms with Gasteiger partial charge in [0.1, 0.15) is 0 Å². The van der Waals surface area contributed by atoms with Crippen molar-refractivity contribution in [2.75, 3.05) is 32.7 Å². The lowest BCUT2D eigenvalue weighted by molar-refractivity contribution is 0.154. The quantitative estimate of drug-likeness (QED) is 0.832. The Kier molecular flexibility index (Phi) is 2.93. The van der Waals surface area contributed by atoms with Gasteiger partial charge in [0.25, 0.3) is 0 Å². The van der Waals surface area contributed by atoms with E-state index in [2.05, 4.69) is 41.4 Å². The van der Waals surface area contributed by atoms with E-state index in [0.717, 1.165) is 13.1 Å². The van der Waals surface area contributed by atoms with Crippen molar-refractivity contribution in [1.29, 1.82) is 0 Å². The third-order valence-corrected chi connectivity index (χ3v) is 4.17. The fourth-order valence-corrected chi connectivity index (χ4v) is 3.41. The maximum atomic E-state index is 3.43. The molecule has 0 bridgehead atoms. The van der Waals surface area contributed by atoms with E-state index in [1.807, 2.05) is 0 Å². The summed E-state index contributed by atoms with van der Waals surface area (Å²) in [5.74, 6) is 0. The molecule has 1 saturated heterocycles. The van der Waals surface area contributed by atoms with E-state index in [9.17, 15) is 0 Å². The molecule has 1 aliphatic heterocycles. The maximum Gasteiger partial charge on any atom is 0.0108 e. The van der Waals surface area contributed by atoms with Crippen molar-refractivity contribution in [3.05, 3.63) is 35.4 Å². The molecule has 1 aromatic rings. The average Bonchev–Trinajstić information content (AvgIpc) is 2.66. The fourth-order valence-electron chi connectivity index (χ4n) is 3.41. The van der Waals surface area contributed by atoms with Crippen LogP contribution in [0.1, 0.15) is 18.1 Å². The van der Waals surface area contributed by atoms with Gasteiger partial charge >= 0.3 is 0 Å². The molecule has 0 atom stereocenters. The molecule has 0 amide bonds. The van der Waals surface area contributed by atoms with E-state index in [1.54, 1.807) is 11.1 Å². The number of rotatable bonds is 2. The van der Waals surface area contributed by atoms with Crippen molar-refractivity contribution in [3.8, 4) is 0 Å². The summed E-state index contributed by atoms with van der Waals surface area (Å²) in [6, 6.07) is 8.96. The maximum absolute atomic E-state index is 3.43. The second kappa shape index (κ2) is 4.43. The van der Waals surface area contributed by atoms with Gasteiger partial charge in [-0.15, -0.1) is 0 Å². The zero-order valence-electron chi connectivity index (χ0n) is 10.7. The first kappa shape index (κ1) is 11.2. The number of nitrogens with one attached hydrogen (secondary N) is 1. The van der Waals surface area contributed by atoms with Gasteiger partial charge in [0.05, 0.1) is 0 Å². The Labute approximate surface area is 104 Å². The highest BCUT2D eigenvalue weighted by Gasteiger charge is 2.34. The number of fused-ring (bicyclic) bond motifs is 1. The lowest BCUT2D eigenvalue weighted by Crippen LogP contribution is -2.47. The first-order chi connectivity index (χ1) is 8.25. The van der Waals surface area contributed by atoms with Crippen molar-refractivity contribution >= 4 is 0 Å². The normalized spacial score (nSPS) is 23.6. The second-order valence-corrected chi connectivity index (χ2v) is 5.96. The summed E-state index contributed by atoms with van der Waals surface area (Å²) in [5.41, 5.74) is 3.61. The summed E-state index contributed by atoms with van der Waals surface area (Å²) in [4.78, 5) is 2.63. The molecule has 17 heavy (non-hydrogen) atoms. The summed E-state index contributed by atoms with van der Waals surface area (Å²) in [5, 5.41) is 3.43. The molecule has 1 fully saturated rings. The molecule has 3 rings (SSSR count). The van der Waals surface area contributed by atoms with Crippen molar-refractivity contribution in [2.24, 2.45) is 5.41 Å². The van der Waals surface area contributed by atoms with Gasteiger partial charge in [0.2, 0.25) is 0 Å². The van der Waals surface area contributed by atoms with Crippen LogP contribution in [0.2, 0.25) is 0 Å². The van der Waals surface area contributed by atoms with Crippen LogP contribution in [0.15, 0.2) is 24.3 Å². The molecule has 1 aromatic carbocycles. The molecule has 1 N–H and O–H groups in total. The topological polar surface area (TPSA) is 15.3 Å². The standard InChI is InChI=1S/C15H22N2/c1-15(12-17-8-6-16-7-9-17)10-13-4-2-3-5-14(13)11-15/h2-5,16H,6-12H2,1H3. The van der Waals surface area contributed by atoms with Crippen molar-refractivity contribution < 1.29 is 0 Å². The van der Waals surface area contributed by atoms with Crippen LogP contribution < -0.4 is 5.32 Å². The van der Waals surface area contributed by atoms with E-state index < -0.39 is 0 Å². The van der Waals surface area contributed by atoms with E-state index in [0.29, 0.717) is 5.41 Å². The van der Waals surface area contributed by atoms with Crippen LogP contribution in [0.3, 0.4) is 0 Å². The zero-order valence-corrected chi connectivity index (χ0v) is 10.7. The predicted octanol–water partition coefficient (Wildman–Crippen LogP) is 1.70. The summed E-state index contributed by atoms with van der Waals surface area (Å²) in [6.07, 6.45) is 2.51. The van der Waals surface area contributed by atoms with Crippen LogP contribution in [0, 0.1) is 5.41 Å². The van der Waals surface area contributed by atoms with Crippen LogP contribution in [-0.2, 0) is 12.8 Å². The van der Waals surface area contributed by atoms with Crippen molar-refractivity contribution in [1.82, 2.24) is 10.2 Å². The molecule has 2 nitrogen and oxygen atoms in total. The SMILES string of the molecule is CC1(CN2CCNCC2)Cc2ccccc2C1. The lowest BCUT2D eigenvalue weighted by atomic mass is 9.86. The Balaban J connectivity index is 1.68. The van der Waals surface area contributed by atoms with Crippen LogP contribution in [0.25, 0.3) is 0 Å². The van der Waals surface area contributed by atoms with Crippen LogP contribution in [0.4, 0.5) is 0 Å². The molecule has 0 saturated carbocycles. The highest BCUT2D eigenvalue weighted by molar-refractivity contribution is 5.34. The minimum Gasteiger partial charge on any atom is -0.314 e. The number of nitrogens with zero attached hydrogens (tertiary/aromatic N) is 1. The van der Waals surface area contributed by atoms with Gasteiger partial charge in [-0.25, -0.2) is 0 Å². The summed E-state index contributed by atoms with van der Waals surface area (Å²) < 4.78 is 0. The molecule has 2 heteroatoms. The number of piperazine rings is 1. The highest BCUT2D eigenvalue weighted by Crippen LogP contribution is 2.37. The molecule has 0 unspecified atom stereocenters. The van der Waals surface area contributed by atoms with Crippen molar-refractivity contribution in [3.63, 3.8) is 0 Å². The van der Waals surface area contributed by atoms with E-state index >= 15 is 0 Å². The summed E-state index contributed by atoms with van der Waals surface area (Å²) in [6.45, 7) is 8.45.